The first kappa shape index (κ1) is 11.1. The third-order valence-electron chi connectivity index (χ3n) is 1.47. The standard InChI is InChI=1S/C8H6ClF3O2/c9-6-2-5(14-8(11)12)1-4(3-13)7(6)10/h1-2,8,13H,3H2. The van der Waals surface area contributed by atoms with Crippen LogP contribution < -0.4 is 4.74 Å². The fraction of sp³-hybridized carbons (Fsp3) is 0.250. The lowest BCUT2D eigenvalue weighted by molar-refractivity contribution is -0.0499. The molecule has 1 aromatic rings. The van der Waals surface area contributed by atoms with Crippen LogP contribution in [0.15, 0.2) is 12.1 Å². The SMILES string of the molecule is OCc1cc(OC(F)F)cc(Cl)c1F. The van der Waals surface area contributed by atoms with Gasteiger partial charge in [-0.05, 0) is 6.07 Å². The van der Waals surface area contributed by atoms with Crippen molar-refractivity contribution in [1.29, 1.82) is 0 Å². The molecule has 0 saturated heterocycles. The van der Waals surface area contributed by atoms with Crippen molar-refractivity contribution in [3.63, 3.8) is 0 Å². The lowest BCUT2D eigenvalue weighted by Crippen LogP contribution is -2.03. The van der Waals surface area contributed by atoms with Gasteiger partial charge in [0.1, 0.15) is 11.6 Å². The second-order valence-corrected chi connectivity index (χ2v) is 2.82. The maximum atomic E-state index is 13.0. The molecule has 78 valence electrons. The van der Waals surface area contributed by atoms with Crippen LogP contribution in [0, 0.1) is 5.82 Å². The molecular formula is C8H6ClF3O2. The minimum atomic E-state index is -3.01. The zero-order valence-electron chi connectivity index (χ0n) is 6.81. The van der Waals surface area contributed by atoms with Gasteiger partial charge in [0.05, 0.1) is 11.6 Å². The van der Waals surface area contributed by atoms with Crippen LogP contribution in [0.5, 0.6) is 5.75 Å². The number of hydrogen-bond acceptors (Lipinski definition) is 2. The molecule has 0 unspecified atom stereocenters. The Kier molecular flexibility index (Phi) is 3.60. The summed E-state index contributed by atoms with van der Waals surface area (Å²) >= 11 is 5.37. The predicted octanol–water partition coefficient (Wildman–Crippen LogP) is 2.57. The number of hydrogen-bond donors (Lipinski definition) is 1. The number of ether oxygens (including phenoxy) is 1. The van der Waals surface area contributed by atoms with Crippen molar-refractivity contribution in [3.05, 3.63) is 28.5 Å². The molecule has 1 N–H and O–H groups in total. The molecule has 0 atom stereocenters. The van der Waals surface area contributed by atoms with E-state index in [-0.39, 0.29) is 16.3 Å². The van der Waals surface area contributed by atoms with Crippen LogP contribution in [-0.4, -0.2) is 11.7 Å². The highest BCUT2D eigenvalue weighted by molar-refractivity contribution is 6.30. The van der Waals surface area contributed by atoms with E-state index in [0.717, 1.165) is 12.1 Å². The average Bonchev–Trinajstić information content (AvgIpc) is 2.10. The number of aliphatic hydroxyl groups excluding tert-OH is 1. The molecule has 0 fully saturated rings. The van der Waals surface area contributed by atoms with Crippen LogP contribution in [0.3, 0.4) is 0 Å². The van der Waals surface area contributed by atoms with E-state index in [9.17, 15) is 13.2 Å². The lowest BCUT2D eigenvalue weighted by Gasteiger charge is -2.07. The fourth-order valence-electron chi connectivity index (χ4n) is 0.904. The van der Waals surface area contributed by atoms with Gasteiger partial charge in [-0.2, -0.15) is 8.78 Å². The van der Waals surface area contributed by atoms with Crippen LogP contribution in [0.25, 0.3) is 0 Å². The normalized spacial score (nSPS) is 10.7. The van der Waals surface area contributed by atoms with Gasteiger partial charge in [0.2, 0.25) is 0 Å². The first-order valence-corrected chi connectivity index (χ1v) is 3.96. The minimum Gasteiger partial charge on any atom is -0.435 e. The second-order valence-electron chi connectivity index (χ2n) is 2.41. The van der Waals surface area contributed by atoms with Crippen molar-refractivity contribution in [2.24, 2.45) is 0 Å². The van der Waals surface area contributed by atoms with Gasteiger partial charge >= 0.3 is 6.61 Å². The van der Waals surface area contributed by atoms with Gasteiger partial charge in [0, 0.05) is 11.6 Å². The molecule has 1 aromatic carbocycles. The van der Waals surface area contributed by atoms with Crippen LogP contribution in [0.1, 0.15) is 5.56 Å². The number of alkyl halides is 2. The molecule has 2 nitrogen and oxygen atoms in total. The van der Waals surface area contributed by atoms with E-state index in [1.165, 1.54) is 0 Å². The van der Waals surface area contributed by atoms with Crippen molar-refractivity contribution in [2.75, 3.05) is 0 Å². The third-order valence-corrected chi connectivity index (χ3v) is 1.75. The smallest absolute Gasteiger partial charge is 0.387 e. The van der Waals surface area contributed by atoms with E-state index < -0.39 is 19.0 Å². The Hall–Kier alpha value is -0.940. The molecule has 0 amide bonds. The fourth-order valence-corrected chi connectivity index (χ4v) is 1.13. The molecule has 0 aliphatic carbocycles. The summed E-state index contributed by atoms with van der Waals surface area (Å²) in [5, 5.41) is 8.29. The Morgan fingerprint density at radius 2 is 2.07 bits per heavy atom. The highest BCUT2D eigenvalue weighted by atomic mass is 35.5. The van der Waals surface area contributed by atoms with Crippen molar-refractivity contribution in [1.82, 2.24) is 0 Å². The van der Waals surface area contributed by atoms with E-state index in [4.69, 9.17) is 16.7 Å². The molecule has 0 bridgehead atoms. The monoisotopic (exact) mass is 226 g/mol. The highest BCUT2D eigenvalue weighted by Gasteiger charge is 2.11. The number of benzene rings is 1. The van der Waals surface area contributed by atoms with Crippen LogP contribution in [0.2, 0.25) is 5.02 Å². The molecule has 0 saturated carbocycles. The second kappa shape index (κ2) is 4.52. The zero-order valence-corrected chi connectivity index (χ0v) is 7.56. The average molecular weight is 227 g/mol. The summed E-state index contributed by atoms with van der Waals surface area (Å²) in [6.07, 6.45) is 0. The topological polar surface area (TPSA) is 29.5 Å². The van der Waals surface area contributed by atoms with E-state index in [0.29, 0.717) is 0 Å². The van der Waals surface area contributed by atoms with E-state index >= 15 is 0 Å². The highest BCUT2D eigenvalue weighted by Crippen LogP contribution is 2.26. The Bertz CT molecular complexity index is 331. The maximum absolute atomic E-state index is 13.0. The summed E-state index contributed by atoms with van der Waals surface area (Å²) in [5.41, 5.74) is -0.187. The zero-order chi connectivity index (χ0) is 10.7. The summed E-state index contributed by atoms with van der Waals surface area (Å²) < 4.78 is 40.5. The third kappa shape index (κ3) is 2.52. The molecule has 0 heterocycles. The van der Waals surface area contributed by atoms with Gasteiger partial charge in [-0.3, -0.25) is 0 Å². The molecule has 14 heavy (non-hydrogen) atoms. The molecule has 0 spiro atoms. The molecular weight excluding hydrogens is 221 g/mol. The summed E-state index contributed by atoms with van der Waals surface area (Å²) in [6, 6.07) is 1.88. The van der Waals surface area contributed by atoms with Crippen molar-refractivity contribution >= 4 is 11.6 Å². The minimum absolute atomic E-state index is 0.187. The summed E-state index contributed by atoms with van der Waals surface area (Å²) in [6.45, 7) is -3.64. The first-order chi connectivity index (χ1) is 6.54. The van der Waals surface area contributed by atoms with Crippen LogP contribution >= 0.6 is 11.6 Å². The largest absolute Gasteiger partial charge is 0.435 e. The molecule has 6 heteroatoms. The van der Waals surface area contributed by atoms with Gasteiger partial charge in [-0.25, -0.2) is 4.39 Å². The molecule has 0 aliphatic rings. The molecule has 1 rings (SSSR count). The van der Waals surface area contributed by atoms with E-state index in [1.807, 2.05) is 0 Å². The molecule has 0 radical (unpaired) electrons. The Labute approximate surface area is 82.9 Å². The Morgan fingerprint density at radius 1 is 1.43 bits per heavy atom. The summed E-state index contributed by atoms with van der Waals surface area (Å²) in [4.78, 5) is 0. The van der Waals surface area contributed by atoms with E-state index in [1.54, 1.807) is 0 Å². The molecule has 0 aromatic heterocycles. The van der Waals surface area contributed by atoms with Gasteiger partial charge in [0.25, 0.3) is 0 Å². The van der Waals surface area contributed by atoms with Crippen molar-refractivity contribution in [3.8, 4) is 5.75 Å². The van der Waals surface area contributed by atoms with Gasteiger partial charge < -0.3 is 9.84 Å². The van der Waals surface area contributed by atoms with E-state index in [2.05, 4.69) is 4.74 Å². The lowest BCUT2D eigenvalue weighted by atomic mass is 10.2. The van der Waals surface area contributed by atoms with Gasteiger partial charge in [0.15, 0.2) is 0 Å². The van der Waals surface area contributed by atoms with Gasteiger partial charge in [-0.1, -0.05) is 11.6 Å². The predicted molar refractivity (Wildman–Crippen MR) is 44.0 cm³/mol. The van der Waals surface area contributed by atoms with Crippen LogP contribution in [0.4, 0.5) is 13.2 Å². The summed E-state index contributed by atoms with van der Waals surface area (Å²) in [7, 11) is 0. The van der Waals surface area contributed by atoms with Crippen LogP contribution in [-0.2, 0) is 6.61 Å². The van der Waals surface area contributed by atoms with Crippen molar-refractivity contribution < 1.29 is 23.0 Å². The Morgan fingerprint density at radius 3 is 2.57 bits per heavy atom. The van der Waals surface area contributed by atoms with Gasteiger partial charge in [-0.15, -0.1) is 0 Å². The number of aliphatic hydroxyl groups is 1. The first-order valence-electron chi connectivity index (χ1n) is 3.58. The molecule has 0 aliphatic heterocycles. The van der Waals surface area contributed by atoms with Crippen molar-refractivity contribution in [2.45, 2.75) is 13.2 Å². The number of halogens is 4. The quantitative estimate of drug-likeness (QED) is 0.858. The maximum Gasteiger partial charge on any atom is 0.387 e. The number of rotatable bonds is 3. The summed E-state index contributed by atoms with van der Waals surface area (Å²) in [5.74, 6) is -1.12. The Balaban J connectivity index is 3.03.